The van der Waals surface area contributed by atoms with E-state index in [1.54, 1.807) is 24.3 Å². The quantitative estimate of drug-likeness (QED) is 0.676. The number of hydrogen-bond acceptors (Lipinski definition) is 1. The second-order valence-electron chi connectivity index (χ2n) is 2.24. The third-order valence-corrected chi connectivity index (χ3v) is 1.29. The van der Waals surface area contributed by atoms with Crippen LogP contribution in [0.3, 0.4) is 0 Å². The highest BCUT2D eigenvalue weighted by molar-refractivity contribution is 5.20. The van der Waals surface area contributed by atoms with Crippen molar-refractivity contribution in [3.63, 3.8) is 0 Å². The third-order valence-electron chi connectivity index (χ3n) is 1.29. The SMILES string of the molecule is FCCC(F)Oc1cc[c]cc1. The first kappa shape index (κ1) is 8.97. The Hall–Kier alpha value is -1.12. The smallest absolute Gasteiger partial charge is 0.241 e. The fourth-order valence-corrected chi connectivity index (χ4v) is 0.743. The van der Waals surface area contributed by atoms with Gasteiger partial charge < -0.3 is 4.74 Å². The fourth-order valence-electron chi connectivity index (χ4n) is 0.743. The largest absolute Gasteiger partial charge is 0.460 e. The Morgan fingerprint density at radius 1 is 1.42 bits per heavy atom. The molecule has 65 valence electrons. The predicted molar refractivity (Wildman–Crippen MR) is 41.4 cm³/mol. The van der Waals surface area contributed by atoms with Crippen LogP contribution in [0.1, 0.15) is 6.42 Å². The Kier molecular flexibility index (Phi) is 3.51. The molecule has 12 heavy (non-hydrogen) atoms. The Morgan fingerprint density at radius 2 is 2.08 bits per heavy atom. The van der Waals surface area contributed by atoms with Gasteiger partial charge in [-0.25, -0.2) is 4.39 Å². The van der Waals surface area contributed by atoms with Gasteiger partial charge in [0.15, 0.2) is 0 Å². The molecule has 1 nitrogen and oxygen atoms in total. The van der Waals surface area contributed by atoms with Crippen LogP contribution >= 0.6 is 0 Å². The van der Waals surface area contributed by atoms with E-state index in [0.717, 1.165) is 0 Å². The molecular weight excluding hydrogens is 162 g/mol. The lowest BCUT2D eigenvalue weighted by molar-refractivity contribution is 0.0532. The maximum atomic E-state index is 12.6. The van der Waals surface area contributed by atoms with Crippen molar-refractivity contribution >= 4 is 0 Å². The highest BCUT2D eigenvalue weighted by Crippen LogP contribution is 2.12. The molecule has 1 atom stereocenters. The molecule has 0 fully saturated rings. The van der Waals surface area contributed by atoms with Gasteiger partial charge in [0.25, 0.3) is 0 Å². The van der Waals surface area contributed by atoms with Crippen LogP contribution in [0, 0.1) is 6.07 Å². The van der Waals surface area contributed by atoms with Crippen molar-refractivity contribution in [1.29, 1.82) is 0 Å². The van der Waals surface area contributed by atoms with Gasteiger partial charge >= 0.3 is 0 Å². The molecule has 0 aliphatic heterocycles. The lowest BCUT2D eigenvalue weighted by Gasteiger charge is -2.08. The van der Waals surface area contributed by atoms with Crippen LogP contribution in [0.5, 0.6) is 5.75 Å². The minimum Gasteiger partial charge on any atom is -0.460 e. The molecular formula is C9H9F2O. The zero-order valence-corrected chi connectivity index (χ0v) is 6.47. The van der Waals surface area contributed by atoms with Crippen molar-refractivity contribution in [2.75, 3.05) is 6.67 Å². The topological polar surface area (TPSA) is 9.23 Å². The van der Waals surface area contributed by atoms with E-state index in [2.05, 4.69) is 6.07 Å². The van der Waals surface area contributed by atoms with E-state index in [1.807, 2.05) is 0 Å². The zero-order valence-electron chi connectivity index (χ0n) is 6.47. The van der Waals surface area contributed by atoms with Crippen molar-refractivity contribution in [3.05, 3.63) is 30.3 Å². The minimum absolute atomic E-state index is 0.224. The predicted octanol–water partition coefficient (Wildman–Crippen LogP) is 2.52. The van der Waals surface area contributed by atoms with Crippen molar-refractivity contribution in [2.45, 2.75) is 12.8 Å². The van der Waals surface area contributed by atoms with Crippen LogP contribution in [-0.2, 0) is 0 Å². The normalized spacial score (nSPS) is 12.5. The number of alkyl halides is 2. The number of rotatable bonds is 4. The Morgan fingerprint density at radius 3 is 2.67 bits per heavy atom. The summed E-state index contributed by atoms with van der Waals surface area (Å²) in [6.45, 7) is -0.708. The number of benzene rings is 1. The summed E-state index contributed by atoms with van der Waals surface area (Å²) in [5.41, 5.74) is 0. The van der Waals surface area contributed by atoms with E-state index in [9.17, 15) is 8.78 Å². The van der Waals surface area contributed by atoms with E-state index in [-0.39, 0.29) is 6.42 Å². The van der Waals surface area contributed by atoms with Crippen LogP contribution < -0.4 is 4.74 Å². The van der Waals surface area contributed by atoms with Crippen LogP contribution in [0.4, 0.5) is 8.78 Å². The summed E-state index contributed by atoms with van der Waals surface area (Å²) in [7, 11) is 0. The Labute approximate surface area is 70.0 Å². The number of ether oxygens (including phenoxy) is 1. The van der Waals surface area contributed by atoms with Crippen molar-refractivity contribution in [1.82, 2.24) is 0 Å². The summed E-state index contributed by atoms with van der Waals surface area (Å²) in [6.07, 6.45) is -1.78. The molecule has 0 bridgehead atoms. The van der Waals surface area contributed by atoms with Gasteiger partial charge in [0, 0.05) is 6.42 Å². The first-order valence-corrected chi connectivity index (χ1v) is 3.65. The van der Waals surface area contributed by atoms with E-state index in [4.69, 9.17) is 4.74 Å². The first-order valence-electron chi connectivity index (χ1n) is 3.65. The lowest BCUT2D eigenvalue weighted by Crippen LogP contribution is -2.10. The summed E-state index contributed by atoms with van der Waals surface area (Å²) < 4.78 is 29.0. The second kappa shape index (κ2) is 4.70. The highest BCUT2D eigenvalue weighted by Gasteiger charge is 2.06. The van der Waals surface area contributed by atoms with Gasteiger partial charge in [-0.2, -0.15) is 0 Å². The first-order chi connectivity index (χ1) is 5.83. The van der Waals surface area contributed by atoms with Crippen molar-refractivity contribution in [3.8, 4) is 5.75 Å². The Balaban J connectivity index is 2.41. The fraction of sp³-hybridized carbons (Fsp3) is 0.333. The molecule has 0 heterocycles. The lowest BCUT2D eigenvalue weighted by atomic mass is 10.3. The van der Waals surface area contributed by atoms with E-state index in [0.29, 0.717) is 5.75 Å². The standard InChI is InChI=1S/C9H9F2O/c10-7-6-9(11)12-8-4-2-1-3-5-8/h2-5,9H,6-7H2. The van der Waals surface area contributed by atoms with Gasteiger partial charge in [-0.3, -0.25) is 4.39 Å². The third kappa shape index (κ3) is 2.86. The molecule has 1 rings (SSSR count). The summed E-state index contributed by atoms with van der Waals surface area (Å²) >= 11 is 0. The molecule has 1 radical (unpaired) electrons. The second-order valence-corrected chi connectivity index (χ2v) is 2.24. The summed E-state index contributed by atoms with van der Waals surface area (Å²) in [5, 5.41) is 0. The van der Waals surface area contributed by atoms with Gasteiger partial charge in [0.1, 0.15) is 5.75 Å². The Bertz CT molecular complexity index is 213. The highest BCUT2D eigenvalue weighted by atomic mass is 19.2. The van der Waals surface area contributed by atoms with Crippen LogP contribution in [0.15, 0.2) is 24.3 Å². The van der Waals surface area contributed by atoms with E-state index in [1.165, 1.54) is 0 Å². The van der Waals surface area contributed by atoms with Gasteiger partial charge in [-0.1, -0.05) is 12.1 Å². The summed E-state index contributed by atoms with van der Waals surface area (Å²) in [4.78, 5) is 0. The van der Waals surface area contributed by atoms with Crippen LogP contribution in [0.2, 0.25) is 0 Å². The van der Waals surface area contributed by atoms with Crippen molar-refractivity contribution < 1.29 is 13.5 Å². The average molecular weight is 171 g/mol. The molecule has 1 aromatic rings. The molecule has 0 saturated heterocycles. The summed E-state index contributed by atoms with van der Waals surface area (Å²) in [5.74, 6) is 0.398. The molecule has 0 N–H and O–H groups in total. The molecule has 0 aliphatic carbocycles. The monoisotopic (exact) mass is 171 g/mol. The van der Waals surface area contributed by atoms with Crippen molar-refractivity contribution in [2.24, 2.45) is 0 Å². The number of halogens is 2. The number of hydrogen-bond donors (Lipinski definition) is 0. The maximum absolute atomic E-state index is 12.6. The van der Waals surface area contributed by atoms with Gasteiger partial charge in [0.05, 0.1) is 6.67 Å². The van der Waals surface area contributed by atoms with Gasteiger partial charge in [0.2, 0.25) is 6.36 Å². The molecule has 1 unspecified atom stereocenters. The van der Waals surface area contributed by atoms with E-state index < -0.39 is 13.0 Å². The molecule has 0 aromatic heterocycles. The van der Waals surface area contributed by atoms with Crippen LogP contribution in [-0.4, -0.2) is 13.0 Å². The zero-order chi connectivity index (χ0) is 8.81. The molecule has 0 spiro atoms. The maximum Gasteiger partial charge on any atom is 0.241 e. The van der Waals surface area contributed by atoms with Gasteiger partial charge in [-0.15, -0.1) is 0 Å². The molecule has 3 heteroatoms. The van der Waals surface area contributed by atoms with Crippen LogP contribution in [0.25, 0.3) is 0 Å². The molecule has 0 saturated carbocycles. The van der Waals surface area contributed by atoms with Gasteiger partial charge in [-0.05, 0) is 18.2 Å². The molecule has 0 aliphatic rings. The van der Waals surface area contributed by atoms with E-state index >= 15 is 0 Å². The minimum atomic E-state index is -1.56. The average Bonchev–Trinajstić information content (AvgIpc) is 2.06. The summed E-state index contributed by atoms with van der Waals surface area (Å²) in [6, 6.07) is 9.13. The molecule has 1 aromatic carbocycles. The molecule has 0 amide bonds.